The molecule has 1 N–H and O–H groups in total. The fraction of sp³-hybridized carbons (Fsp3) is 0.417. The van der Waals surface area contributed by atoms with Gasteiger partial charge < -0.3 is 10.1 Å². The van der Waals surface area contributed by atoms with Crippen molar-refractivity contribution in [3.8, 4) is 5.75 Å². The van der Waals surface area contributed by atoms with Crippen LogP contribution in [-0.2, 0) is 14.8 Å². The summed E-state index contributed by atoms with van der Waals surface area (Å²) in [5.74, 6) is 0.441. The highest BCUT2D eigenvalue weighted by molar-refractivity contribution is 7.89. The molecule has 1 fully saturated rings. The predicted molar refractivity (Wildman–Crippen MR) is 122 cm³/mol. The number of carbonyl (C=O) groups excluding carboxylic acids is 2. The van der Waals surface area contributed by atoms with Gasteiger partial charge in [0.15, 0.2) is 5.78 Å². The molecule has 8 heteroatoms. The van der Waals surface area contributed by atoms with Gasteiger partial charge in [0.25, 0.3) is 0 Å². The van der Waals surface area contributed by atoms with Crippen LogP contribution in [0.3, 0.4) is 0 Å². The fourth-order valence-electron chi connectivity index (χ4n) is 3.87. The molecule has 1 saturated heterocycles. The number of hydrogen-bond acceptors (Lipinski definition) is 5. The summed E-state index contributed by atoms with van der Waals surface area (Å²) in [7, 11) is -3.64. The van der Waals surface area contributed by atoms with Crippen molar-refractivity contribution < 1.29 is 22.7 Å². The lowest BCUT2D eigenvalue weighted by molar-refractivity contribution is -0.126. The van der Waals surface area contributed by atoms with Gasteiger partial charge in [-0.2, -0.15) is 4.31 Å². The molecule has 1 aliphatic heterocycles. The molecule has 0 radical (unpaired) electrons. The van der Waals surface area contributed by atoms with Crippen LogP contribution in [-0.4, -0.2) is 50.7 Å². The largest absolute Gasteiger partial charge is 0.491 e. The number of nitrogens with one attached hydrogen (secondary N) is 1. The van der Waals surface area contributed by atoms with Gasteiger partial charge in [0.1, 0.15) is 12.4 Å². The van der Waals surface area contributed by atoms with E-state index in [1.54, 1.807) is 0 Å². The quantitative estimate of drug-likeness (QED) is 0.485. The minimum atomic E-state index is -3.64. The highest BCUT2D eigenvalue weighted by Crippen LogP contribution is 2.25. The number of benzene rings is 2. The summed E-state index contributed by atoms with van der Waals surface area (Å²) in [6.07, 6.45) is 0.933. The Bertz CT molecular complexity index is 1050. The third-order valence-electron chi connectivity index (χ3n) is 5.78. The van der Waals surface area contributed by atoms with Crippen molar-refractivity contribution in [2.75, 3.05) is 26.2 Å². The molecule has 172 valence electrons. The van der Waals surface area contributed by atoms with E-state index in [-0.39, 0.29) is 35.6 Å². The molecule has 3 rings (SSSR count). The van der Waals surface area contributed by atoms with Crippen molar-refractivity contribution in [1.29, 1.82) is 0 Å². The molecular weight excluding hydrogens is 428 g/mol. The van der Waals surface area contributed by atoms with E-state index < -0.39 is 10.0 Å². The molecule has 0 unspecified atom stereocenters. The van der Waals surface area contributed by atoms with Gasteiger partial charge >= 0.3 is 0 Å². The first kappa shape index (κ1) is 23.9. The van der Waals surface area contributed by atoms with Crippen LogP contribution in [0.2, 0.25) is 0 Å². The molecule has 32 heavy (non-hydrogen) atoms. The van der Waals surface area contributed by atoms with Crippen molar-refractivity contribution in [2.24, 2.45) is 5.92 Å². The molecule has 0 spiro atoms. The summed E-state index contributed by atoms with van der Waals surface area (Å²) in [6.45, 7) is 6.76. The summed E-state index contributed by atoms with van der Waals surface area (Å²) in [5, 5.41) is 2.90. The number of nitrogens with zero attached hydrogens (tertiary/aromatic N) is 1. The van der Waals surface area contributed by atoms with E-state index in [1.165, 1.54) is 35.5 Å². The highest BCUT2D eigenvalue weighted by Gasteiger charge is 2.32. The molecule has 0 aliphatic carbocycles. The van der Waals surface area contributed by atoms with Gasteiger partial charge in [0.2, 0.25) is 15.9 Å². The summed E-state index contributed by atoms with van der Waals surface area (Å²) in [5.41, 5.74) is 2.59. The smallest absolute Gasteiger partial charge is 0.243 e. The lowest BCUT2D eigenvalue weighted by atomic mass is 9.97. The molecule has 1 heterocycles. The summed E-state index contributed by atoms with van der Waals surface area (Å²) >= 11 is 0. The molecule has 0 saturated carbocycles. The third kappa shape index (κ3) is 5.55. The lowest BCUT2D eigenvalue weighted by Gasteiger charge is -2.30. The van der Waals surface area contributed by atoms with Crippen molar-refractivity contribution in [3.63, 3.8) is 0 Å². The summed E-state index contributed by atoms with van der Waals surface area (Å²) in [6, 6.07) is 11.9. The number of carbonyl (C=O) groups is 2. The first-order valence-corrected chi connectivity index (χ1v) is 12.2. The van der Waals surface area contributed by atoms with Crippen molar-refractivity contribution in [1.82, 2.24) is 9.62 Å². The molecule has 2 aromatic rings. The van der Waals surface area contributed by atoms with Gasteiger partial charge in [0.05, 0.1) is 11.4 Å². The molecule has 1 amide bonds. The van der Waals surface area contributed by atoms with E-state index in [0.29, 0.717) is 31.6 Å². The molecule has 7 nitrogen and oxygen atoms in total. The molecule has 0 aromatic heterocycles. The van der Waals surface area contributed by atoms with Gasteiger partial charge in [0, 0.05) is 24.6 Å². The number of ether oxygens (including phenoxy) is 1. The zero-order valence-electron chi connectivity index (χ0n) is 18.8. The topological polar surface area (TPSA) is 92.8 Å². The molecular formula is C24H30N2O5S. The maximum atomic E-state index is 12.9. The average Bonchev–Trinajstić information content (AvgIpc) is 2.78. The van der Waals surface area contributed by atoms with Gasteiger partial charge in [-0.15, -0.1) is 0 Å². The monoisotopic (exact) mass is 458 g/mol. The zero-order chi connectivity index (χ0) is 23.3. The number of para-hydroxylation sites is 1. The van der Waals surface area contributed by atoms with Crippen molar-refractivity contribution in [3.05, 3.63) is 59.2 Å². The summed E-state index contributed by atoms with van der Waals surface area (Å²) in [4.78, 5) is 24.1. The Morgan fingerprint density at radius 2 is 1.62 bits per heavy atom. The van der Waals surface area contributed by atoms with Crippen LogP contribution in [0.5, 0.6) is 5.75 Å². The standard InChI is InChI=1S/C24H30N2O5S/c1-17-5-4-6-18(2)23(17)31-16-13-25-24(28)21-11-14-26(15-12-21)32(29,30)22-9-7-20(8-10-22)19(3)27/h4-10,21H,11-16H2,1-3H3,(H,25,28). The Kier molecular flexibility index (Phi) is 7.69. The molecule has 0 atom stereocenters. The maximum absolute atomic E-state index is 12.9. The Balaban J connectivity index is 1.47. The Hall–Kier alpha value is -2.71. The molecule has 1 aliphatic rings. The van der Waals surface area contributed by atoms with E-state index in [0.717, 1.165) is 16.9 Å². The number of Topliss-reactive ketones (excluding diaryl/α,β-unsaturated/α-hetero) is 1. The molecule has 0 bridgehead atoms. The number of sulfonamides is 1. The van der Waals surface area contributed by atoms with Crippen LogP contribution < -0.4 is 10.1 Å². The number of piperidine rings is 1. The first-order chi connectivity index (χ1) is 15.2. The van der Waals surface area contributed by atoms with E-state index in [4.69, 9.17) is 4.74 Å². The number of amides is 1. The Morgan fingerprint density at radius 1 is 1.03 bits per heavy atom. The Labute approximate surface area is 189 Å². The number of aryl methyl sites for hydroxylation is 2. The van der Waals surface area contributed by atoms with Crippen molar-refractivity contribution >= 4 is 21.7 Å². The second-order valence-corrected chi connectivity index (χ2v) is 10.1. The van der Waals surface area contributed by atoms with Crippen LogP contribution >= 0.6 is 0 Å². The van der Waals surface area contributed by atoms with Gasteiger partial charge in [-0.05, 0) is 56.9 Å². The van der Waals surface area contributed by atoms with Crippen LogP contribution in [0.4, 0.5) is 0 Å². The van der Waals surface area contributed by atoms with E-state index in [1.807, 2.05) is 32.0 Å². The second-order valence-electron chi connectivity index (χ2n) is 8.12. The normalized spacial score (nSPS) is 15.3. The minimum Gasteiger partial charge on any atom is -0.491 e. The van der Waals surface area contributed by atoms with Crippen LogP contribution in [0, 0.1) is 19.8 Å². The fourth-order valence-corrected chi connectivity index (χ4v) is 5.34. The average molecular weight is 459 g/mol. The van der Waals surface area contributed by atoms with Gasteiger partial charge in [-0.25, -0.2) is 8.42 Å². The number of ketones is 1. The summed E-state index contributed by atoms with van der Waals surface area (Å²) < 4.78 is 33.0. The van der Waals surface area contributed by atoms with Gasteiger partial charge in [-0.1, -0.05) is 30.3 Å². The lowest BCUT2D eigenvalue weighted by Crippen LogP contribution is -2.43. The minimum absolute atomic E-state index is 0.0713. The first-order valence-electron chi connectivity index (χ1n) is 10.8. The van der Waals surface area contributed by atoms with Crippen molar-refractivity contribution in [2.45, 2.75) is 38.5 Å². The number of rotatable bonds is 8. The van der Waals surface area contributed by atoms with E-state index >= 15 is 0 Å². The SMILES string of the molecule is CC(=O)c1ccc(S(=O)(=O)N2CCC(C(=O)NCCOc3c(C)cccc3C)CC2)cc1. The Morgan fingerprint density at radius 3 is 2.19 bits per heavy atom. The van der Waals surface area contributed by atoms with E-state index in [2.05, 4.69) is 5.32 Å². The highest BCUT2D eigenvalue weighted by atomic mass is 32.2. The van der Waals surface area contributed by atoms with Gasteiger partial charge in [-0.3, -0.25) is 9.59 Å². The number of hydrogen-bond donors (Lipinski definition) is 1. The second kappa shape index (κ2) is 10.3. The van der Waals surface area contributed by atoms with Crippen LogP contribution in [0.25, 0.3) is 0 Å². The van der Waals surface area contributed by atoms with Crippen LogP contribution in [0.1, 0.15) is 41.3 Å². The maximum Gasteiger partial charge on any atom is 0.243 e. The third-order valence-corrected chi connectivity index (χ3v) is 7.69. The van der Waals surface area contributed by atoms with Crippen LogP contribution in [0.15, 0.2) is 47.4 Å². The zero-order valence-corrected chi connectivity index (χ0v) is 19.6. The predicted octanol–water partition coefficient (Wildman–Crippen LogP) is 3.10. The molecule has 2 aromatic carbocycles. The van der Waals surface area contributed by atoms with E-state index in [9.17, 15) is 18.0 Å².